The summed E-state index contributed by atoms with van der Waals surface area (Å²) in [7, 11) is 0. The predicted octanol–water partition coefficient (Wildman–Crippen LogP) is 4.02. The number of benzene rings is 2. The van der Waals surface area contributed by atoms with Gasteiger partial charge in [-0.05, 0) is 46.7 Å². The van der Waals surface area contributed by atoms with Crippen LogP contribution in [0.5, 0.6) is 0 Å². The van der Waals surface area contributed by atoms with Gasteiger partial charge in [-0.1, -0.05) is 43.7 Å². The largest absolute Gasteiger partial charge is 0.298 e. The molecule has 18 heavy (non-hydrogen) atoms. The van der Waals surface area contributed by atoms with Gasteiger partial charge in [0.05, 0.1) is 0 Å². The lowest BCUT2D eigenvalue weighted by molar-refractivity contribution is 0.112. The lowest BCUT2D eigenvalue weighted by Gasteiger charge is -2.04. The van der Waals surface area contributed by atoms with Crippen molar-refractivity contribution in [2.45, 2.75) is 26.2 Å². The summed E-state index contributed by atoms with van der Waals surface area (Å²) >= 11 is 0. The molecule has 0 amide bonds. The molecule has 0 radical (unpaired) electrons. The van der Waals surface area contributed by atoms with E-state index in [-0.39, 0.29) is 0 Å². The molecule has 1 heteroatoms. The van der Waals surface area contributed by atoms with Gasteiger partial charge in [0.2, 0.25) is 0 Å². The first-order valence-electron chi connectivity index (χ1n) is 6.52. The molecule has 0 unspecified atom stereocenters. The number of aldehydes is 1. The molecule has 1 aliphatic rings. The van der Waals surface area contributed by atoms with Crippen LogP contribution >= 0.6 is 0 Å². The smallest absolute Gasteiger partial charge is 0.150 e. The summed E-state index contributed by atoms with van der Waals surface area (Å²) < 4.78 is 0. The van der Waals surface area contributed by atoms with E-state index in [1.807, 2.05) is 12.1 Å². The number of carbonyl (C=O) groups is 1. The van der Waals surface area contributed by atoms with E-state index in [0.29, 0.717) is 0 Å². The maximum absolute atomic E-state index is 10.8. The molecule has 0 heterocycles. The van der Waals surface area contributed by atoms with E-state index < -0.39 is 0 Å². The average molecular weight is 236 g/mol. The van der Waals surface area contributed by atoms with Crippen LogP contribution in [0.25, 0.3) is 11.1 Å². The molecule has 1 aliphatic carbocycles. The Hall–Kier alpha value is -1.89. The predicted molar refractivity (Wildman–Crippen MR) is 74.1 cm³/mol. The summed E-state index contributed by atoms with van der Waals surface area (Å²) in [6, 6.07) is 12.8. The Balaban J connectivity index is 2.04. The van der Waals surface area contributed by atoms with E-state index in [0.717, 1.165) is 24.7 Å². The first kappa shape index (κ1) is 11.2. The summed E-state index contributed by atoms with van der Waals surface area (Å²) in [6.45, 7) is 2.21. The molecule has 90 valence electrons. The molecule has 0 bridgehead atoms. The monoisotopic (exact) mass is 236 g/mol. The van der Waals surface area contributed by atoms with Gasteiger partial charge in [0.15, 0.2) is 0 Å². The topological polar surface area (TPSA) is 17.1 Å². The molecule has 2 aromatic carbocycles. The number of hydrogen-bond acceptors (Lipinski definition) is 1. The van der Waals surface area contributed by atoms with Crippen molar-refractivity contribution in [1.29, 1.82) is 0 Å². The summed E-state index contributed by atoms with van der Waals surface area (Å²) in [5.74, 6) is 0. The molecule has 2 aromatic rings. The van der Waals surface area contributed by atoms with Crippen molar-refractivity contribution in [2.24, 2.45) is 0 Å². The van der Waals surface area contributed by atoms with E-state index in [9.17, 15) is 4.79 Å². The van der Waals surface area contributed by atoms with E-state index in [4.69, 9.17) is 0 Å². The highest BCUT2D eigenvalue weighted by molar-refractivity contribution is 5.82. The van der Waals surface area contributed by atoms with Gasteiger partial charge < -0.3 is 0 Å². The van der Waals surface area contributed by atoms with Crippen LogP contribution < -0.4 is 0 Å². The molecule has 0 saturated carbocycles. The van der Waals surface area contributed by atoms with E-state index >= 15 is 0 Å². The van der Waals surface area contributed by atoms with Gasteiger partial charge in [-0.25, -0.2) is 0 Å². The van der Waals surface area contributed by atoms with Crippen molar-refractivity contribution in [3.05, 3.63) is 58.7 Å². The zero-order valence-electron chi connectivity index (χ0n) is 10.6. The van der Waals surface area contributed by atoms with Gasteiger partial charge in [0.25, 0.3) is 0 Å². The van der Waals surface area contributed by atoms with Crippen LogP contribution in [0.4, 0.5) is 0 Å². The molecule has 1 nitrogen and oxygen atoms in total. The highest BCUT2D eigenvalue weighted by atomic mass is 16.1. The zero-order chi connectivity index (χ0) is 12.5. The fourth-order valence-electron chi connectivity index (χ4n) is 2.80. The molecule has 0 fully saturated rings. The van der Waals surface area contributed by atoms with Gasteiger partial charge in [-0.15, -0.1) is 0 Å². The Morgan fingerprint density at radius 3 is 2.50 bits per heavy atom. The normalized spacial score (nSPS) is 12.1. The molecule has 0 aromatic heterocycles. The minimum atomic E-state index is 0.773. The summed E-state index contributed by atoms with van der Waals surface area (Å²) in [5, 5.41) is 0. The van der Waals surface area contributed by atoms with Crippen molar-refractivity contribution < 1.29 is 4.79 Å². The number of carbonyl (C=O) groups excluding carboxylic acids is 1. The summed E-state index contributed by atoms with van der Waals surface area (Å²) in [6.07, 6.45) is 4.21. The van der Waals surface area contributed by atoms with Crippen LogP contribution in [-0.2, 0) is 12.8 Å². The molecule has 0 atom stereocenters. The third-order valence-electron chi connectivity index (χ3n) is 3.64. The van der Waals surface area contributed by atoms with Crippen molar-refractivity contribution in [3.8, 4) is 11.1 Å². The Bertz CT molecular complexity index is 611. The van der Waals surface area contributed by atoms with Crippen LogP contribution in [0.3, 0.4) is 0 Å². The maximum Gasteiger partial charge on any atom is 0.150 e. The summed E-state index contributed by atoms with van der Waals surface area (Å²) in [4.78, 5) is 10.8. The van der Waals surface area contributed by atoms with E-state index in [1.54, 1.807) is 0 Å². The quantitative estimate of drug-likeness (QED) is 0.628. The number of fused-ring (bicyclic) bond motifs is 3. The number of hydrogen-bond donors (Lipinski definition) is 0. The van der Waals surface area contributed by atoms with E-state index in [2.05, 4.69) is 31.2 Å². The SMILES string of the molecule is CCCc1ccc2c(c1)Cc1cc(C=O)ccc1-2. The Morgan fingerprint density at radius 1 is 1.06 bits per heavy atom. The molecule has 0 spiro atoms. The van der Waals surface area contributed by atoms with Crippen LogP contribution in [0.15, 0.2) is 36.4 Å². The van der Waals surface area contributed by atoms with Gasteiger partial charge in [0, 0.05) is 5.56 Å². The third kappa shape index (κ3) is 1.76. The summed E-state index contributed by atoms with van der Waals surface area (Å²) in [5.41, 5.74) is 7.50. The Kier molecular flexibility index (Phi) is 2.75. The van der Waals surface area contributed by atoms with Gasteiger partial charge in [-0.2, -0.15) is 0 Å². The number of rotatable bonds is 3. The van der Waals surface area contributed by atoms with Gasteiger partial charge in [-0.3, -0.25) is 4.79 Å². The van der Waals surface area contributed by atoms with Crippen LogP contribution in [-0.4, -0.2) is 6.29 Å². The first-order chi connectivity index (χ1) is 8.81. The second-order valence-corrected chi connectivity index (χ2v) is 4.95. The number of aryl methyl sites for hydroxylation is 1. The van der Waals surface area contributed by atoms with Gasteiger partial charge in [0.1, 0.15) is 6.29 Å². The third-order valence-corrected chi connectivity index (χ3v) is 3.64. The van der Waals surface area contributed by atoms with Crippen LogP contribution in [0.2, 0.25) is 0 Å². The van der Waals surface area contributed by atoms with Crippen molar-refractivity contribution in [2.75, 3.05) is 0 Å². The average Bonchev–Trinajstić information content (AvgIpc) is 2.75. The van der Waals surface area contributed by atoms with E-state index in [1.165, 1.54) is 34.2 Å². The van der Waals surface area contributed by atoms with Gasteiger partial charge >= 0.3 is 0 Å². The molecule has 3 rings (SSSR count). The Morgan fingerprint density at radius 2 is 1.78 bits per heavy atom. The maximum atomic E-state index is 10.8. The standard InChI is InChI=1S/C17H16O/c1-2-3-12-4-6-16-14(8-12)10-15-9-13(11-18)5-7-17(15)16/h4-9,11H,2-3,10H2,1H3. The minimum Gasteiger partial charge on any atom is -0.298 e. The lowest BCUT2D eigenvalue weighted by atomic mass is 10.0. The van der Waals surface area contributed by atoms with Crippen LogP contribution in [0.1, 0.15) is 40.4 Å². The molecular formula is C17H16O. The fourth-order valence-corrected chi connectivity index (χ4v) is 2.80. The molecular weight excluding hydrogens is 220 g/mol. The first-order valence-corrected chi connectivity index (χ1v) is 6.52. The minimum absolute atomic E-state index is 0.773. The molecule has 0 N–H and O–H groups in total. The second-order valence-electron chi connectivity index (χ2n) is 4.95. The van der Waals surface area contributed by atoms with Crippen molar-refractivity contribution in [1.82, 2.24) is 0 Å². The molecule has 0 saturated heterocycles. The highest BCUT2D eigenvalue weighted by Gasteiger charge is 2.18. The van der Waals surface area contributed by atoms with Crippen molar-refractivity contribution in [3.63, 3.8) is 0 Å². The lowest BCUT2D eigenvalue weighted by Crippen LogP contribution is -1.87. The fraction of sp³-hybridized carbons (Fsp3) is 0.235. The van der Waals surface area contributed by atoms with Crippen LogP contribution in [0, 0.1) is 0 Å². The molecule has 0 aliphatic heterocycles. The second kappa shape index (κ2) is 4.41. The van der Waals surface area contributed by atoms with Crippen molar-refractivity contribution >= 4 is 6.29 Å². The zero-order valence-corrected chi connectivity index (χ0v) is 10.6. The highest BCUT2D eigenvalue weighted by Crippen LogP contribution is 2.37. The Labute approximate surface area is 107 Å².